The number of rotatable bonds is 2. The van der Waals surface area contributed by atoms with E-state index in [9.17, 15) is 40.2 Å². The zero-order valence-electron chi connectivity index (χ0n) is 30.5. The number of benzene rings is 2. The first kappa shape index (κ1) is 39.8. The van der Waals surface area contributed by atoms with E-state index in [1.54, 1.807) is 46.8 Å². The third-order valence-corrected chi connectivity index (χ3v) is 13.7. The van der Waals surface area contributed by atoms with Gasteiger partial charge in [-0.25, -0.2) is 0 Å². The standard InChI is InChI=1S/C38H49NO11S2/c1-16-10-9-11-17(2)36(47)39-27-26(37-51-14-15-52-37)32(44)23-24(33(27)45)31(43)21(6)34-25(23)35(46)38(7,50-34)49-13-12-22(48-8)18(3)29(41)20(5)30(42)19(4)28(16)40/h9-13,16,18-20,22,28-30,37,40-45H,14-15H2,1-8H3,(H,39,47)/t16-,18+,19-,20+,22+,28-,29-,30-,38-/m0/s1. The number of allylic oxidation sites excluding steroid dienone is 2. The fraction of sp³-hybridized carbons (Fsp3) is 0.526. The summed E-state index contributed by atoms with van der Waals surface area (Å²) in [6.07, 6.45) is 3.67. The van der Waals surface area contributed by atoms with E-state index in [-0.39, 0.29) is 44.5 Å². The smallest absolute Gasteiger partial charge is 0.312 e. The number of anilines is 1. The van der Waals surface area contributed by atoms with Crippen LogP contribution in [0.4, 0.5) is 5.69 Å². The molecule has 4 heterocycles. The first-order chi connectivity index (χ1) is 24.5. The lowest BCUT2D eigenvalue weighted by molar-refractivity contribution is -0.112. The maximum atomic E-state index is 14.2. The minimum Gasteiger partial charge on any atom is -0.507 e. The van der Waals surface area contributed by atoms with Crippen LogP contribution in [0.2, 0.25) is 0 Å². The molecule has 1 amide bonds. The number of aliphatic hydroxyl groups is 3. The monoisotopic (exact) mass is 759 g/mol. The summed E-state index contributed by atoms with van der Waals surface area (Å²) in [4.78, 5) is 27.8. The number of fused-ring (bicyclic) bond motifs is 14. The molecular formula is C38H49NO11S2. The van der Waals surface area contributed by atoms with Crippen LogP contribution in [0.25, 0.3) is 10.8 Å². The van der Waals surface area contributed by atoms with Gasteiger partial charge in [-0.15, -0.1) is 23.5 Å². The van der Waals surface area contributed by atoms with Crippen molar-refractivity contribution in [3.8, 4) is 23.0 Å². The summed E-state index contributed by atoms with van der Waals surface area (Å²) in [5.41, 5.74) is 0.323. The first-order valence-corrected chi connectivity index (χ1v) is 19.4. The van der Waals surface area contributed by atoms with Crippen molar-refractivity contribution in [3.05, 3.63) is 52.8 Å². The van der Waals surface area contributed by atoms with E-state index in [0.717, 1.165) is 11.5 Å². The Bertz CT molecular complexity index is 1820. The summed E-state index contributed by atoms with van der Waals surface area (Å²) < 4.78 is 17.2. The Kier molecular flexibility index (Phi) is 11.9. The molecule has 9 atom stereocenters. The number of ether oxygens (including phenoxy) is 3. The van der Waals surface area contributed by atoms with Gasteiger partial charge in [-0.1, -0.05) is 45.9 Å². The van der Waals surface area contributed by atoms with Gasteiger partial charge in [-0.3, -0.25) is 9.59 Å². The van der Waals surface area contributed by atoms with Gasteiger partial charge >= 0.3 is 5.79 Å². The van der Waals surface area contributed by atoms with Gasteiger partial charge < -0.3 is 50.2 Å². The van der Waals surface area contributed by atoms with Gasteiger partial charge in [0.1, 0.15) is 17.2 Å². The molecule has 0 unspecified atom stereocenters. The Hall–Kier alpha value is -3.40. The van der Waals surface area contributed by atoms with Crippen LogP contribution in [0.1, 0.15) is 67.6 Å². The van der Waals surface area contributed by atoms with Crippen LogP contribution in [-0.2, 0) is 14.3 Å². The van der Waals surface area contributed by atoms with Gasteiger partial charge in [0.2, 0.25) is 0 Å². The number of carbonyl (C=O) groups excluding carboxylic acids is 2. The molecule has 284 valence electrons. The van der Waals surface area contributed by atoms with E-state index in [1.165, 1.54) is 62.9 Å². The molecule has 5 bridgehead atoms. The molecule has 2 aromatic carbocycles. The summed E-state index contributed by atoms with van der Waals surface area (Å²) in [5, 5.41) is 71.3. The summed E-state index contributed by atoms with van der Waals surface area (Å²) in [5.74, 6) is -5.54. The average molecular weight is 760 g/mol. The van der Waals surface area contributed by atoms with Gasteiger partial charge in [-0.05, 0) is 19.9 Å². The number of nitrogens with one attached hydrogen (secondary N) is 1. The molecule has 7 N–H and O–H groups in total. The maximum absolute atomic E-state index is 14.2. The Morgan fingerprint density at radius 1 is 0.865 bits per heavy atom. The fourth-order valence-electron chi connectivity index (χ4n) is 7.11. The Morgan fingerprint density at radius 3 is 2.12 bits per heavy atom. The zero-order valence-corrected chi connectivity index (χ0v) is 32.2. The quantitative estimate of drug-likeness (QED) is 0.147. The number of amides is 1. The number of Topliss-reactive ketones (excluding diaryl/α,β-unsaturated/α-hetero) is 1. The van der Waals surface area contributed by atoms with Crippen molar-refractivity contribution in [2.45, 2.75) is 83.3 Å². The third-order valence-electron chi connectivity index (χ3n) is 10.6. The summed E-state index contributed by atoms with van der Waals surface area (Å²) in [7, 11) is 1.45. The second kappa shape index (κ2) is 15.5. The minimum absolute atomic E-state index is 0.0356. The second-order valence-electron chi connectivity index (χ2n) is 14.1. The molecule has 4 aliphatic heterocycles. The van der Waals surface area contributed by atoms with Crippen molar-refractivity contribution in [1.29, 1.82) is 0 Å². The highest BCUT2D eigenvalue weighted by Crippen LogP contribution is 2.60. The summed E-state index contributed by atoms with van der Waals surface area (Å²) in [6.45, 7) is 11.3. The number of thioether (sulfide) groups is 2. The molecule has 4 aliphatic rings. The van der Waals surface area contributed by atoms with E-state index in [1.807, 2.05) is 0 Å². The largest absolute Gasteiger partial charge is 0.507 e. The number of hydrogen-bond acceptors (Lipinski definition) is 13. The Balaban J connectivity index is 1.70. The highest BCUT2D eigenvalue weighted by atomic mass is 32.2. The van der Waals surface area contributed by atoms with Gasteiger partial charge in [0.15, 0.2) is 5.75 Å². The maximum Gasteiger partial charge on any atom is 0.312 e. The Morgan fingerprint density at radius 2 is 1.48 bits per heavy atom. The molecule has 0 saturated carbocycles. The van der Waals surface area contributed by atoms with Gasteiger partial charge in [0.25, 0.3) is 11.7 Å². The number of carbonyl (C=O) groups is 2. The first-order valence-electron chi connectivity index (χ1n) is 17.3. The van der Waals surface area contributed by atoms with Crippen molar-refractivity contribution in [2.75, 3.05) is 23.9 Å². The van der Waals surface area contributed by atoms with E-state index in [0.29, 0.717) is 0 Å². The van der Waals surface area contributed by atoms with Crippen molar-refractivity contribution in [3.63, 3.8) is 0 Å². The average Bonchev–Trinajstić information content (AvgIpc) is 3.74. The highest BCUT2D eigenvalue weighted by molar-refractivity contribution is 8.19. The van der Waals surface area contributed by atoms with E-state index in [4.69, 9.17) is 14.2 Å². The lowest BCUT2D eigenvalue weighted by Gasteiger charge is -2.36. The normalized spacial score (nSPS) is 32.2. The van der Waals surface area contributed by atoms with Crippen LogP contribution in [0.3, 0.4) is 0 Å². The highest BCUT2D eigenvalue weighted by Gasteiger charge is 2.50. The number of aliphatic hydroxyl groups excluding tert-OH is 3. The minimum atomic E-state index is -1.97. The molecule has 1 saturated heterocycles. The number of hydrogen-bond donors (Lipinski definition) is 7. The molecule has 6 rings (SSSR count). The SMILES string of the molecule is CO[C@@H]1C=CO[C@@]2(C)Oc3c(C)c(O)c4c(O)c(c(C5SCCS5)c(O)c4c3C2=O)NC(=O)C(C)=CC=C[C@H](C)[C@H](O)[C@H](C)[C@H](O)[C@H](C)[C@@H](O)[C@@H]1C. The number of methoxy groups -OCH3 is 1. The second-order valence-corrected chi connectivity index (χ2v) is 16.8. The molecule has 1 fully saturated rings. The zero-order chi connectivity index (χ0) is 38.4. The molecule has 0 aliphatic carbocycles. The van der Waals surface area contributed by atoms with E-state index >= 15 is 0 Å². The van der Waals surface area contributed by atoms with Crippen LogP contribution in [0.5, 0.6) is 23.0 Å². The molecule has 14 heteroatoms. The summed E-state index contributed by atoms with van der Waals surface area (Å²) in [6, 6.07) is 0. The van der Waals surface area contributed by atoms with Crippen molar-refractivity contribution in [1.82, 2.24) is 0 Å². The number of ketones is 1. The third kappa shape index (κ3) is 7.01. The predicted molar refractivity (Wildman–Crippen MR) is 202 cm³/mol. The molecule has 0 spiro atoms. The van der Waals surface area contributed by atoms with Crippen molar-refractivity contribution in [2.24, 2.45) is 23.7 Å². The van der Waals surface area contributed by atoms with Gasteiger partial charge in [0, 0.05) is 71.3 Å². The van der Waals surface area contributed by atoms with Crippen LogP contribution in [0, 0.1) is 30.6 Å². The van der Waals surface area contributed by atoms with E-state index in [2.05, 4.69) is 5.32 Å². The topological polar surface area (TPSA) is 195 Å². The molecule has 0 radical (unpaired) electrons. The van der Waals surface area contributed by atoms with Crippen LogP contribution >= 0.6 is 23.5 Å². The predicted octanol–water partition coefficient (Wildman–Crippen LogP) is 5.66. The molecule has 0 aromatic heterocycles. The summed E-state index contributed by atoms with van der Waals surface area (Å²) >= 11 is 2.99. The molecule has 2 aromatic rings. The lowest BCUT2D eigenvalue weighted by atomic mass is 9.78. The number of phenolic OH excluding ortho intramolecular Hbond substituents is 3. The fourth-order valence-corrected chi connectivity index (χ4v) is 10.1. The molecule has 12 nitrogen and oxygen atoms in total. The molecule has 52 heavy (non-hydrogen) atoms. The number of aromatic hydroxyl groups is 3. The van der Waals surface area contributed by atoms with Crippen LogP contribution in [0.15, 0.2) is 36.1 Å². The van der Waals surface area contributed by atoms with E-state index < -0.39 is 87.4 Å². The van der Waals surface area contributed by atoms with Gasteiger partial charge in [0.05, 0.1) is 51.9 Å². The van der Waals surface area contributed by atoms with Gasteiger partial charge in [-0.2, -0.15) is 0 Å². The number of phenols is 3. The lowest BCUT2D eigenvalue weighted by Crippen LogP contribution is -2.44. The molecular weight excluding hydrogens is 711 g/mol. The Labute approximate surface area is 311 Å². The van der Waals surface area contributed by atoms with Crippen molar-refractivity contribution < 1.29 is 54.4 Å². The van der Waals surface area contributed by atoms with Crippen LogP contribution < -0.4 is 10.1 Å². The van der Waals surface area contributed by atoms with Crippen molar-refractivity contribution >= 4 is 51.7 Å². The van der Waals surface area contributed by atoms with Crippen LogP contribution in [-0.4, -0.2) is 91.1 Å².